The van der Waals surface area contributed by atoms with Crippen molar-refractivity contribution in [3.05, 3.63) is 36.0 Å². The standard InChI is InChI=1S/C17H20N2O2/c1-19-11-6-7-12(19)9-13(8-11)21-17(20)15-10-18-16-5-3-2-4-14(15)16/h2-5,10-13,18H,6-9H2,1H3/t11-,12+,13?/i1D3,3D,4D,10D. The largest absolute Gasteiger partial charge is 0.459 e. The second kappa shape index (κ2) is 4.88. The van der Waals surface area contributed by atoms with Crippen LogP contribution in [0.25, 0.3) is 10.9 Å². The lowest BCUT2D eigenvalue weighted by atomic mass is 10.0. The van der Waals surface area contributed by atoms with E-state index in [4.69, 9.17) is 13.0 Å². The molecule has 2 saturated heterocycles. The first-order valence-corrected chi connectivity index (χ1v) is 7.24. The molecule has 0 aliphatic carbocycles. The number of benzene rings is 1. The summed E-state index contributed by atoms with van der Waals surface area (Å²) in [5, 5.41) is 0.281. The van der Waals surface area contributed by atoms with Gasteiger partial charge in [0.2, 0.25) is 0 Å². The van der Waals surface area contributed by atoms with Gasteiger partial charge >= 0.3 is 5.97 Å². The number of esters is 1. The molecule has 21 heavy (non-hydrogen) atoms. The van der Waals surface area contributed by atoms with Crippen LogP contribution in [0.4, 0.5) is 0 Å². The Balaban J connectivity index is 1.56. The number of nitrogens with zero attached hydrogens (tertiary/aromatic N) is 1. The van der Waals surface area contributed by atoms with Crippen LogP contribution in [0.1, 0.15) is 44.3 Å². The molecule has 0 spiro atoms. The van der Waals surface area contributed by atoms with Gasteiger partial charge in [0.1, 0.15) is 6.10 Å². The first kappa shape index (κ1) is 7.99. The maximum Gasteiger partial charge on any atom is 0.340 e. The van der Waals surface area contributed by atoms with Gasteiger partial charge in [-0.05, 0) is 25.9 Å². The van der Waals surface area contributed by atoms with Crippen molar-refractivity contribution in [1.82, 2.24) is 9.88 Å². The summed E-state index contributed by atoms with van der Waals surface area (Å²) in [6.07, 6.45) is 1.93. The van der Waals surface area contributed by atoms with Gasteiger partial charge in [0.25, 0.3) is 0 Å². The average molecular weight is 290 g/mol. The number of rotatable bonds is 2. The van der Waals surface area contributed by atoms with E-state index in [9.17, 15) is 4.79 Å². The number of H-pyrrole nitrogens is 1. The Labute approximate surface area is 132 Å². The van der Waals surface area contributed by atoms with Gasteiger partial charge in [-0.25, -0.2) is 4.79 Å². The van der Waals surface area contributed by atoms with Crippen LogP contribution in [0.15, 0.2) is 30.4 Å². The molecule has 3 atom stereocenters. The van der Waals surface area contributed by atoms with Crippen LogP contribution < -0.4 is 0 Å². The topological polar surface area (TPSA) is 45.3 Å². The number of fused-ring (bicyclic) bond motifs is 3. The van der Waals surface area contributed by atoms with Crippen LogP contribution in [0.5, 0.6) is 0 Å². The number of hydrogen-bond acceptors (Lipinski definition) is 3. The summed E-state index contributed by atoms with van der Waals surface area (Å²) in [5.74, 6) is -0.677. The predicted molar refractivity (Wildman–Crippen MR) is 81.3 cm³/mol. The smallest absolute Gasteiger partial charge is 0.340 e. The predicted octanol–water partition coefficient (Wildman–Crippen LogP) is 2.95. The summed E-state index contributed by atoms with van der Waals surface area (Å²) in [4.78, 5) is 17.0. The number of aromatic amines is 1. The molecule has 2 aliphatic rings. The molecule has 4 heteroatoms. The summed E-state index contributed by atoms with van der Waals surface area (Å²) in [6.45, 7) is -2.14. The van der Waals surface area contributed by atoms with Crippen molar-refractivity contribution >= 4 is 16.9 Å². The number of hydrogen-bond donors (Lipinski definition) is 1. The maximum absolute atomic E-state index is 12.7. The Bertz CT molecular complexity index is 895. The van der Waals surface area contributed by atoms with Crippen LogP contribution in [0.3, 0.4) is 0 Å². The molecule has 4 rings (SSSR count). The van der Waals surface area contributed by atoms with E-state index >= 15 is 0 Å². The minimum atomic E-state index is -2.14. The Kier molecular flexibility index (Phi) is 1.86. The molecular formula is C17H20N2O2. The number of para-hydroxylation sites is 1. The van der Waals surface area contributed by atoms with E-state index in [1.54, 1.807) is 4.90 Å². The van der Waals surface area contributed by atoms with Crippen molar-refractivity contribution in [3.63, 3.8) is 0 Å². The van der Waals surface area contributed by atoms with Crippen LogP contribution in [0.2, 0.25) is 0 Å². The lowest BCUT2D eigenvalue weighted by Gasteiger charge is -2.35. The highest BCUT2D eigenvalue weighted by molar-refractivity contribution is 6.04. The SMILES string of the molecule is [2H]c1cc([2H])c2c(C(=O)OC3C[C@H]4CC[C@@H](C3)N4C([2H])([2H])[2H])c([2H])[nH]c2c1. The second-order valence-corrected chi connectivity index (χ2v) is 5.80. The molecule has 0 radical (unpaired) electrons. The van der Waals surface area contributed by atoms with Crippen LogP contribution in [-0.2, 0) is 4.74 Å². The van der Waals surface area contributed by atoms with Gasteiger partial charge < -0.3 is 14.6 Å². The van der Waals surface area contributed by atoms with Crippen molar-refractivity contribution in [2.24, 2.45) is 0 Å². The highest BCUT2D eigenvalue weighted by atomic mass is 16.5. The third-order valence-electron chi connectivity index (χ3n) is 4.54. The van der Waals surface area contributed by atoms with Crippen molar-refractivity contribution in [2.75, 3.05) is 6.98 Å². The lowest BCUT2D eigenvalue weighted by Crippen LogP contribution is -2.43. The summed E-state index contributed by atoms with van der Waals surface area (Å²) in [6, 6.07) is 2.65. The van der Waals surface area contributed by atoms with Gasteiger partial charge in [-0.2, -0.15) is 0 Å². The van der Waals surface area contributed by atoms with Crippen molar-refractivity contribution in [3.8, 4) is 0 Å². The fourth-order valence-corrected chi connectivity index (χ4v) is 3.47. The van der Waals surface area contributed by atoms with E-state index in [0.29, 0.717) is 18.4 Å². The van der Waals surface area contributed by atoms with E-state index in [2.05, 4.69) is 4.98 Å². The molecule has 1 unspecified atom stereocenters. The summed E-state index contributed by atoms with van der Waals surface area (Å²) < 4.78 is 52.5. The molecule has 2 aliphatic heterocycles. The molecule has 3 heterocycles. The molecule has 0 saturated carbocycles. The van der Waals surface area contributed by atoms with Gasteiger partial charge in [0.15, 0.2) is 0 Å². The summed E-state index contributed by atoms with van der Waals surface area (Å²) in [7, 11) is 0. The number of carbonyl (C=O) groups excluding carboxylic acids is 1. The van der Waals surface area contributed by atoms with E-state index in [-0.39, 0.29) is 41.3 Å². The molecule has 1 N–H and O–H groups in total. The number of aromatic nitrogens is 1. The van der Waals surface area contributed by atoms with Gasteiger partial charge in [-0.3, -0.25) is 0 Å². The van der Waals surface area contributed by atoms with Gasteiger partial charge in [0, 0.05) is 46.1 Å². The molecular weight excluding hydrogens is 264 g/mol. The van der Waals surface area contributed by atoms with Gasteiger partial charge in [-0.15, -0.1) is 0 Å². The zero-order chi connectivity index (χ0) is 19.5. The number of carbonyl (C=O) groups is 1. The maximum atomic E-state index is 12.7. The molecule has 2 bridgehead atoms. The number of nitrogens with one attached hydrogen (secondary N) is 1. The first-order chi connectivity index (χ1) is 12.6. The normalized spacial score (nSPS) is 33.6. The van der Waals surface area contributed by atoms with Crippen LogP contribution >= 0.6 is 0 Å². The quantitative estimate of drug-likeness (QED) is 0.865. The third kappa shape index (κ3) is 2.14. The first-order valence-electron chi connectivity index (χ1n) is 10.2. The van der Waals surface area contributed by atoms with E-state index < -0.39 is 19.0 Å². The molecule has 4 nitrogen and oxygen atoms in total. The highest BCUT2D eigenvalue weighted by Crippen LogP contribution is 2.35. The summed E-state index contributed by atoms with van der Waals surface area (Å²) in [5.41, 5.74) is 0.391. The minimum absolute atomic E-state index is 0.000554. The lowest BCUT2D eigenvalue weighted by molar-refractivity contribution is -0.000258. The molecule has 2 fully saturated rings. The van der Waals surface area contributed by atoms with Gasteiger partial charge in [-0.1, -0.05) is 18.2 Å². The van der Waals surface area contributed by atoms with Gasteiger partial charge in [0.05, 0.1) is 9.68 Å². The molecule has 2 aromatic rings. The average Bonchev–Trinajstić information content (AvgIpc) is 3.01. The van der Waals surface area contributed by atoms with E-state index in [1.165, 1.54) is 12.1 Å². The zero-order valence-electron chi connectivity index (χ0n) is 17.5. The van der Waals surface area contributed by atoms with Crippen molar-refractivity contribution < 1.29 is 17.8 Å². The Morgan fingerprint density at radius 3 is 3.05 bits per heavy atom. The number of piperidine rings is 1. The molecule has 110 valence electrons. The second-order valence-electron chi connectivity index (χ2n) is 5.80. The minimum Gasteiger partial charge on any atom is -0.459 e. The highest BCUT2D eigenvalue weighted by Gasteiger charge is 2.40. The molecule has 1 aromatic heterocycles. The fourth-order valence-electron chi connectivity index (χ4n) is 3.47. The molecule has 0 amide bonds. The Hall–Kier alpha value is -1.81. The molecule has 1 aromatic carbocycles. The number of ether oxygens (including phenoxy) is 1. The Morgan fingerprint density at radius 2 is 2.29 bits per heavy atom. The van der Waals surface area contributed by atoms with Crippen molar-refractivity contribution in [1.29, 1.82) is 0 Å². The monoisotopic (exact) mass is 290 g/mol. The fraction of sp³-hybridized carbons (Fsp3) is 0.471. The zero-order valence-corrected chi connectivity index (χ0v) is 11.5. The van der Waals surface area contributed by atoms with E-state index in [1.807, 2.05) is 0 Å². The Morgan fingerprint density at radius 1 is 1.48 bits per heavy atom. The van der Waals surface area contributed by atoms with E-state index in [0.717, 1.165) is 12.8 Å². The van der Waals surface area contributed by atoms with Crippen LogP contribution in [-0.4, -0.2) is 41.0 Å². The van der Waals surface area contributed by atoms with Crippen molar-refractivity contribution in [2.45, 2.75) is 43.9 Å². The summed E-state index contributed by atoms with van der Waals surface area (Å²) >= 11 is 0. The third-order valence-corrected chi connectivity index (χ3v) is 4.54. The van der Waals surface area contributed by atoms with Crippen LogP contribution in [0, 0.1) is 0 Å².